The van der Waals surface area contributed by atoms with Gasteiger partial charge in [-0.15, -0.1) is 0 Å². The number of hydrogen-bond acceptors (Lipinski definition) is 3. The summed E-state index contributed by atoms with van der Waals surface area (Å²) in [5, 5.41) is 9.55. The molecule has 0 aromatic heterocycles. The molecule has 104 valence electrons. The monoisotopic (exact) mass is 264 g/mol. The van der Waals surface area contributed by atoms with Gasteiger partial charge in [0, 0.05) is 5.56 Å². The van der Waals surface area contributed by atoms with Gasteiger partial charge in [-0.05, 0) is 30.4 Å². The summed E-state index contributed by atoms with van der Waals surface area (Å²) >= 11 is 0. The van der Waals surface area contributed by atoms with E-state index in [2.05, 4.69) is 13.8 Å². The number of benzene rings is 1. The number of hydrogen-bond donors (Lipinski definition) is 1. The molecule has 0 spiro atoms. The highest BCUT2D eigenvalue weighted by molar-refractivity contribution is 5.87. The molecule has 0 heterocycles. The van der Waals surface area contributed by atoms with Crippen LogP contribution >= 0.6 is 0 Å². The maximum atomic E-state index is 11.6. The van der Waals surface area contributed by atoms with Crippen molar-refractivity contribution < 1.29 is 19.4 Å². The molecule has 0 radical (unpaired) electrons. The van der Waals surface area contributed by atoms with Crippen LogP contribution in [0.5, 0.6) is 11.5 Å². The van der Waals surface area contributed by atoms with E-state index in [4.69, 9.17) is 9.47 Å². The van der Waals surface area contributed by atoms with Gasteiger partial charge in [-0.2, -0.15) is 0 Å². The molecule has 0 saturated heterocycles. The van der Waals surface area contributed by atoms with Crippen molar-refractivity contribution in [2.75, 3.05) is 14.2 Å². The van der Waals surface area contributed by atoms with Crippen LogP contribution in [-0.4, -0.2) is 25.3 Å². The van der Waals surface area contributed by atoms with Crippen LogP contribution in [0.25, 0.3) is 0 Å². The zero-order valence-corrected chi connectivity index (χ0v) is 11.8. The average Bonchev–Trinajstić information content (AvgIpc) is 3.17. The van der Waals surface area contributed by atoms with Gasteiger partial charge in [0.25, 0.3) is 0 Å². The predicted molar refractivity (Wildman–Crippen MR) is 72.2 cm³/mol. The first-order chi connectivity index (χ1) is 8.97. The first-order valence-electron chi connectivity index (χ1n) is 6.46. The highest BCUT2D eigenvalue weighted by Gasteiger charge is 2.55. The van der Waals surface area contributed by atoms with E-state index in [-0.39, 0.29) is 5.92 Å². The average molecular weight is 264 g/mol. The summed E-state index contributed by atoms with van der Waals surface area (Å²) in [6.45, 7) is 4.12. The van der Waals surface area contributed by atoms with Crippen molar-refractivity contribution in [1.82, 2.24) is 0 Å². The minimum absolute atomic E-state index is 0.242. The number of rotatable bonds is 5. The number of aliphatic carboxylic acids is 1. The molecule has 1 aliphatic rings. The highest BCUT2D eigenvalue weighted by atomic mass is 16.5. The third-order valence-electron chi connectivity index (χ3n) is 3.84. The van der Waals surface area contributed by atoms with Crippen molar-refractivity contribution in [3.63, 3.8) is 0 Å². The Balaban J connectivity index is 2.70. The van der Waals surface area contributed by atoms with Gasteiger partial charge in [0.2, 0.25) is 0 Å². The van der Waals surface area contributed by atoms with Crippen LogP contribution in [-0.2, 0) is 10.2 Å². The molecule has 1 N–H and O–H groups in total. The van der Waals surface area contributed by atoms with E-state index in [0.717, 1.165) is 11.1 Å². The van der Waals surface area contributed by atoms with Crippen LogP contribution < -0.4 is 9.47 Å². The lowest BCUT2D eigenvalue weighted by atomic mass is 9.85. The topological polar surface area (TPSA) is 55.8 Å². The Labute approximate surface area is 113 Å². The first-order valence-corrected chi connectivity index (χ1v) is 6.46. The molecule has 1 fully saturated rings. The summed E-state index contributed by atoms with van der Waals surface area (Å²) in [6.07, 6.45) is 1.32. The molecule has 0 amide bonds. The molecule has 0 unspecified atom stereocenters. The zero-order chi connectivity index (χ0) is 14.2. The van der Waals surface area contributed by atoms with Crippen LogP contribution in [0.15, 0.2) is 12.1 Å². The van der Waals surface area contributed by atoms with Gasteiger partial charge in [0.1, 0.15) is 0 Å². The quantitative estimate of drug-likeness (QED) is 0.888. The van der Waals surface area contributed by atoms with Crippen molar-refractivity contribution >= 4 is 5.97 Å². The maximum Gasteiger partial charge on any atom is 0.314 e. The van der Waals surface area contributed by atoms with Crippen molar-refractivity contribution in [1.29, 1.82) is 0 Å². The summed E-state index contributed by atoms with van der Waals surface area (Å²) in [5.74, 6) is 0.621. The van der Waals surface area contributed by atoms with E-state index in [9.17, 15) is 9.90 Å². The Morgan fingerprint density at radius 1 is 1.26 bits per heavy atom. The molecule has 1 aromatic rings. The molecule has 1 saturated carbocycles. The van der Waals surface area contributed by atoms with E-state index in [1.54, 1.807) is 14.2 Å². The second-order valence-electron chi connectivity index (χ2n) is 5.31. The van der Waals surface area contributed by atoms with Crippen LogP contribution in [0.3, 0.4) is 0 Å². The Kier molecular flexibility index (Phi) is 3.43. The van der Waals surface area contributed by atoms with Crippen LogP contribution in [0, 0.1) is 0 Å². The molecular weight excluding hydrogens is 244 g/mol. The van der Waals surface area contributed by atoms with Gasteiger partial charge < -0.3 is 14.6 Å². The fourth-order valence-electron chi connectivity index (χ4n) is 2.61. The molecule has 1 aliphatic carbocycles. The Morgan fingerprint density at radius 3 is 2.26 bits per heavy atom. The van der Waals surface area contributed by atoms with Gasteiger partial charge in [-0.3, -0.25) is 4.79 Å². The van der Waals surface area contributed by atoms with E-state index >= 15 is 0 Å². The first kappa shape index (κ1) is 13.7. The lowest BCUT2D eigenvalue weighted by Crippen LogP contribution is -2.23. The van der Waals surface area contributed by atoms with Gasteiger partial charge >= 0.3 is 5.97 Å². The number of carbonyl (C=O) groups is 1. The maximum absolute atomic E-state index is 11.6. The van der Waals surface area contributed by atoms with Gasteiger partial charge in [-0.25, -0.2) is 0 Å². The Hall–Kier alpha value is -1.71. The minimum atomic E-state index is -0.792. The van der Waals surface area contributed by atoms with E-state index in [1.807, 2.05) is 12.1 Å². The number of methoxy groups -OCH3 is 2. The largest absolute Gasteiger partial charge is 0.493 e. The zero-order valence-electron chi connectivity index (χ0n) is 11.8. The van der Waals surface area contributed by atoms with Gasteiger partial charge in [0.15, 0.2) is 11.5 Å². The fraction of sp³-hybridized carbons (Fsp3) is 0.533. The van der Waals surface area contributed by atoms with E-state index in [1.165, 1.54) is 0 Å². The number of ether oxygens (including phenoxy) is 2. The summed E-state index contributed by atoms with van der Waals surface area (Å²) in [7, 11) is 3.13. The summed E-state index contributed by atoms with van der Waals surface area (Å²) in [6, 6.07) is 3.79. The minimum Gasteiger partial charge on any atom is -0.493 e. The van der Waals surface area contributed by atoms with Crippen LogP contribution in [0.2, 0.25) is 0 Å². The van der Waals surface area contributed by atoms with Crippen LogP contribution in [0.1, 0.15) is 43.7 Å². The SMILES string of the molecule is COc1ccc(C(C)C)c(C2(C(=O)O)CC2)c1OC. The molecule has 19 heavy (non-hydrogen) atoms. The molecule has 0 bridgehead atoms. The van der Waals surface area contributed by atoms with Crippen molar-refractivity contribution in [2.45, 2.75) is 38.0 Å². The summed E-state index contributed by atoms with van der Waals surface area (Å²) in [5.41, 5.74) is 1.02. The highest BCUT2D eigenvalue weighted by Crippen LogP contribution is 2.55. The van der Waals surface area contributed by atoms with Crippen molar-refractivity contribution in [3.05, 3.63) is 23.3 Å². The smallest absolute Gasteiger partial charge is 0.314 e. The molecule has 2 rings (SSSR count). The predicted octanol–water partition coefficient (Wildman–Crippen LogP) is 2.94. The van der Waals surface area contributed by atoms with E-state index < -0.39 is 11.4 Å². The molecule has 4 nitrogen and oxygen atoms in total. The standard InChI is InChI=1S/C15H20O4/c1-9(2)10-5-6-11(18-3)13(19-4)12(10)15(7-8-15)14(16)17/h5-6,9H,7-8H2,1-4H3,(H,16,17). The third kappa shape index (κ3) is 2.05. The van der Waals surface area contributed by atoms with Gasteiger partial charge in [0.05, 0.1) is 19.6 Å². The Morgan fingerprint density at radius 2 is 1.89 bits per heavy atom. The van der Waals surface area contributed by atoms with Crippen molar-refractivity contribution in [2.24, 2.45) is 0 Å². The third-order valence-corrected chi connectivity index (χ3v) is 3.84. The van der Waals surface area contributed by atoms with E-state index in [0.29, 0.717) is 24.3 Å². The second-order valence-corrected chi connectivity index (χ2v) is 5.31. The normalized spacial score (nSPS) is 16.3. The molecule has 0 atom stereocenters. The molecule has 1 aromatic carbocycles. The number of carboxylic acid groups (broad SMARTS) is 1. The lowest BCUT2D eigenvalue weighted by Gasteiger charge is -2.23. The molecule has 4 heteroatoms. The number of carboxylic acids is 1. The van der Waals surface area contributed by atoms with Gasteiger partial charge in [-0.1, -0.05) is 19.9 Å². The second kappa shape index (κ2) is 4.76. The summed E-state index contributed by atoms with van der Waals surface area (Å²) < 4.78 is 10.7. The molecule has 0 aliphatic heterocycles. The van der Waals surface area contributed by atoms with Crippen LogP contribution in [0.4, 0.5) is 0 Å². The summed E-state index contributed by atoms with van der Waals surface area (Å²) in [4.78, 5) is 11.6. The Bertz CT molecular complexity index is 501. The van der Waals surface area contributed by atoms with Crippen molar-refractivity contribution in [3.8, 4) is 11.5 Å². The fourth-order valence-corrected chi connectivity index (χ4v) is 2.61. The molecular formula is C15H20O4. The lowest BCUT2D eigenvalue weighted by molar-refractivity contribution is -0.140.